The van der Waals surface area contributed by atoms with E-state index in [4.69, 9.17) is 10.5 Å². The lowest BCUT2D eigenvalue weighted by atomic mass is 9.76. The molecule has 2 heteroatoms. The minimum Gasteiger partial charge on any atom is -0.377 e. The standard InChI is InChI=1S/C9H19NO/c1-8-5-3-4-6-9(8,7-10)11-2/h8H,3-7,10H2,1-2H3. The molecule has 0 spiro atoms. The number of rotatable bonds is 2. The second-order valence-electron chi connectivity index (χ2n) is 3.62. The molecule has 11 heavy (non-hydrogen) atoms. The van der Waals surface area contributed by atoms with E-state index < -0.39 is 0 Å². The molecule has 0 bridgehead atoms. The molecule has 0 saturated heterocycles. The van der Waals surface area contributed by atoms with Gasteiger partial charge >= 0.3 is 0 Å². The summed E-state index contributed by atoms with van der Waals surface area (Å²) in [6.07, 6.45) is 5.02. The van der Waals surface area contributed by atoms with Crippen molar-refractivity contribution in [3.05, 3.63) is 0 Å². The predicted molar refractivity (Wildman–Crippen MR) is 46.4 cm³/mol. The molecular weight excluding hydrogens is 138 g/mol. The number of nitrogens with two attached hydrogens (primary N) is 1. The van der Waals surface area contributed by atoms with Gasteiger partial charge in [-0.1, -0.05) is 19.8 Å². The first kappa shape index (κ1) is 9.01. The van der Waals surface area contributed by atoms with Crippen LogP contribution in [-0.2, 0) is 4.74 Å². The summed E-state index contributed by atoms with van der Waals surface area (Å²) < 4.78 is 5.52. The third-order valence-electron chi connectivity index (χ3n) is 3.14. The fourth-order valence-electron chi connectivity index (χ4n) is 2.07. The van der Waals surface area contributed by atoms with E-state index in [9.17, 15) is 0 Å². The van der Waals surface area contributed by atoms with Crippen LogP contribution in [0.3, 0.4) is 0 Å². The summed E-state index contributed by atoms with van der Waals surface area (Å²) in [7, 11) is 1.79. The molecule has 0 aromatic rings. The highest BCUT2D eigenvalue weighted by molar-refractivity contribution is 4.90. The maximum absolute atomic E-state index is 5.71. The van der Waals surface area contributed by atoms with E-state index in [1.54, 1.807) is 7.11 Å². The summed E-state index contributed by atoms with van der Waals surface area (Å²) >= 11 is 0. The van der Waals surface area contributed by atoms with E-state index in [2.05, 4.69) is 6.92 Å². The molecule has 1 rings (SSSR count). The molecule has 66 valence electrons. The van der Waals surface area contributed by atoms with Crippen molar-refractivity contribution >= 4 is 0 Å². The quantitative estimate of drug-likeness (QED) is 0.660. The van der Waals surface area contributed by atoms with E-state index >= 15 is 0 Å². The molecule has 1 saturated carbocycles. The molecule has 0 amide bonds. The average molecular weight is 157 g/mol. The minimum absolute atomic E-state index is 0.00174. The largest absolute Gasteiger partial charge is 0.377 e. The normalized spacial score (nSPS) is 39.0. The Labute approximate surface area is 69.1 Å². The monoisotopic (exact) mass is 157 g/mol. The van der Waals surface area contributed by atoms with E-state index in [1.165, 1.54) is 19.3 Å². The number of methoxy groups -OCH3 is 1. The Balaban J connectivity index is 2.61. The van der Waals surface area contributed by atoms with Crippen LogP contribution in [0.5, 0.6) is 0 Å². The van der Waals surface area contributed by atoms with Gasteiger partial charge in [-0.25, -0.2) is 0 Å². The van der Waals surface area contributed by atoms with E-state index in [1.807, 2.05) is 0 Å². The average Bonchev–Trinajstić information content (AvgIpc) is 2.06. The zero-order valence-corrected chi connectivity index (χ0v) is 7.60. The van der Waals surface area contributed by atoms with Gasteiger partial charge in [0.2, 0.25) is 0 Å². The van der Waals surface area contributed by atoms with Gasteiger partial charge in [0.25, 0.3) is 0 Å². The second-order valence-corrected chi connectivity index (χ2v) is 3.62. The molecule has 0 aromatic carbocycles. The van der Waals surface area contributed by atoms with Crippen LogP contribution in [-0.4, -0.2) is 19.3 Å². The molecular formula is C9H19NO. The van der Waals surface area contributed by atoms with Gasteiger partial charge in [0.15, 0.2) is 0 Å². The highest BCUT2D eigenvalue weighted by atomic mass is 16.5. The lowest BCUT2D eigenvalue weighted by Crippen LogP contribution is -2.47. The van der Waals surface area contributed by atoms with Crippen molar-refractivity contribution in [3.63, 3.8) is 0 Å². The van der Waals surface area contributed by atoms with Crippen LogP contribution >= 0.6 is 0 Å². The summed E-state index contributed by atoms with van der Waals surface area (Å²) in [4.78, 5) is 0. The van der Waals surface area contributed by atoms with Crippen LogP contribution in [0.15, 0.2) is 0 Å². The van der Waals surface area contributed by atoms with Gasteiger partial charge in [0.1, 0.15) is 0 Å². The Kier molecular flexibility index (Phi) is 2.90. The minimum atomic E-state index is -0.00174. The van der Waals surface area contributed by atoms with Crippen LogP contribution in [0.25, 0.3) is 0 Å². The summed E-state index contributed by atoms with van der Waals surface area (Å²) in [5.74, 6) is 0.631. The van der Waals surface area contributed by atoms with Gasteiger partial charge in [-0.3, -0.25) is 0 Å². The topological polar surface area (TPSA) is 35.2 Å². The molecule has 2 atom stereocenters. The van der Waals surface area contributed by atoms with Gasteiger partial charge in [0.05, 0.1) is 5.60 Å². The molecule has 1 aliphatic rings. The van der Waals surface area contributed by atoms with Gasteiger partial charge in [-0.15, -0.1) is 0 Å². The van der Waals surface area contributed by atoms with Crippen molar-refractivity contribution < 1.29 is 4.74 Å². The second kappa shape index (κ2) is 3.55. The van der Waals surface area contributed by atoms with Crippen molar-refractivity contribution in [1.82, 2.24) is 0 Å². The fraction of sp³-hybridized carbons (Fsp3) is 1.00. The van der Waals surface area contributed by atoms with Crippen LogP contribution in [0.1, 0.15) is 32.6 Å². The van der Waals surface area contributed by atoms with Crippen LogP contribution in [0.4, 0.5) is 0 Å². The maximum Gasteiger partial charge on any atom is 0.0825 e. The molecule has 0 aliphatic heterocycles. The highest BCUT2D eigenvalue weighted by Gasteiger charge is 2.36. The van der Waals surface area contributed by atoms with Crippen molar-refractivity contribution in [1.29, 1.82) is 0 Å². The molecule has 1 fully saturated rings. The first-order valence-corrected chi connectivity index (χ1v) is 4.50. The fourth-order valence-corrected chi connectivity index (χ4v) is 2.07. The Morgan fingerprint density at radius 2 is 2.27 bits per heavy atom. The number of hydrogen-bond acceptors (Lipinski definition) is 2. The van der Waals surface area contributed by atoms with Gasteiger partial charge in [0, 0.05) is 13.7 Å². The Morgan fingerprint density at radius 1 is 1.55 bits per heavy atom. The lowest BCUT2D eigenvalue weighted by Gasteiger charge is -2.40. The maximum atomic E-state index is 5.71. The summed E-state index contributed by atoms with van der Waals surface area (Å²) in [6, 6.07) is 0. The van der Waals surface area contributed by atoms with Crippen molar-refractivity contribution in [2.45, 2.75) is 38.2 Å². The van der Waals surface area contributed by atoms with Crippen LogP contribution in [0.2, 0.25) is 0 Å². The summed E-state index contributed by atoms with van der Waals surface area (Å²) in [6.45, 7) is 2.92. The number of hydrogen-bond donors (Lipinski definition) is 1. The Bertz CT molecular complexity index is 121. The molecule has 0 radical (unpaired) electrons. The molecule has 2 unspecified atom stereocenters. The first-order chi connectivity index (χ1) is 5.25. The van der Waals surface area contributed by atoms with Crippen molar-refractivity contribution in [2.24, 2.45) is 11.7 Å². The van der Waals surface area contributed by atoms with Crippen molar-refractivity contribution in [2.75, 3.05) is 13.7 Å². The molecule has 1 aliphatic carbocycles. The van der Waals surface area contributed by atoms with Gasteiger partial charge in [-0.05, 0) is 18.8 Å². The smallest absolute Gasteiger partial charge is 0.0825 e. The van der Waals surface area contributed by atoms with Crippen LogP contribution in [0, 0.1) is 5.92 Å². The predicted octanol–water partition coefficient (Wildman–Crippen LogP) is 1.54. The molecule has 0 aromatic heterocycles. The van der Waals surface area contributed by atoms with Crippen LogP contribution < -0.4 is 5.73 Å². The van der Waals surface area contributed by atoms with Crippen molar-refractivity contribution in [3.8, 4) is 0 Å². The SMILES string of the molecule is COC1(CN)CCCCC1C. The summed E-state index contributed by atoms with van der Waals surface area (Å²) in [5.41, 5.74) is 5.71. The molecule has 0 heterocycles. The van der Waals surface area contributed by atoms with Gasteiger partial charge < -0.3 is 10.5 Å². The van der Waals surface area contributed by atoms with Gasteiger partial charge in [-0.2, -0.15) is 0 Å². The zero-order chi connectivity index (χ0) is 8.32. The molecule has 2 nitrogen and oxygen atoms in total. The zero-order valence-electron chi connectivity index (χ0n) is 7.60. The lowest BCUT2D eigenvalue weighted by molar-refractivity contribution is -0.0693. The third kappa shape index (κ3) is 1.57. The van der Waals surface area contributed by atoms with E-state index in [0.717, 1.165) is 6.42 Å². The first-order valence-electron chi connectivity index (χ1n) is 4.50. The van der Waals surface area contributed by atoms with E-state index in [0.29, 0.717) is 12.5 Å². The molecule has 2 N–H and O–H groups in total. The number of ether oxygens (including phenoxy) is 1. The summed E-state index contributed by atoms with van der Waals surface area (Å²) in [5, 5.41) is 0. The Morgan fingerprint density at radius 3 is 2.64 bits per heavy atom. The highest BCUT2D eigenvalue weighted by Crippen LogP contribution is 2.35. The third-order valence-corrected chi connectivity index (χ3v) is 3.14. The van der Waals surface area contributed by atoms with E-state index in [-0.39, 0.29) is 5.60 Å². The Hall–Kier alpha value is -0.0800.